The third-order valence-corrected chi connectivity index (χ3v) is 2.91. The van der Waals surface area contributed by atoms with Gasteiger partial charge in [0.15, 0.2) is 0 Å². The zero-order valence-electron chi connectivity index (χ0n) is 10.2. The molecule has 6 heteroatoms. The molecule has 0 saturated carbocycles. The number of halogens is 1. The molecule has 2 rings (SSSR count). The first-order chi connectivity index (χ1) is 8.85. The fraction of sp³-hybridized carbons (Fsp3) is 0.417. The largest absolute Gasteiger partial charge is 0.383 e. The molecule has 1 heterocycles. The molecular formula is C12H15BrN4O. The Kier molecular flexibility index (Phi) is 4.83. The molecule has 18 heavy (non-hydrogen) atoms. The normalized spacial score (nSPS) is 10.8. The monoisotopic (exact) mass is 310 g/mol. The number of alkyl halides is 1. The fourth-order valence-corrected chi connectivity index (χ4v) is 2.05. The summed E-state index contributed by atoms with van der Waals surface area (Å²) >= 11 is 3.43. The van der Waals surface area contributed by atoms with E-state index in [4.69, 9.17) is 4.74 Å². The highest BCUT2D eigenvalue weighted by Gasteiger charge is 2.10. The lowest BCUT2D eigenvalue weighted by atomic mass is 10.3. The van der Waals surface area contributed by atoms with Gasteiger partial charge in [-0.05, 0) is 12.1 Å². The summed E-state index contributed by atoms with van der Waals surface area (Å²) in [6, 6.07) is 7.73. The maximum Gasteiger partial charge on any atom is 0.246 e. The maximum atomic E-state index is 5.09. The first-order valence-electron chi connectivity index (χ1n) is 5.74. The van der Waals surface area contributed by atoms with Crippen LogP contribution < -0.4 is 4.90 Å². The van der Waals surface area contributed by atoms with Gasteiger partial charge >= 0.3 is 0 Å². The van der Waals surface area contributed by atoms with Gasteiger partial charge in [0.05, 0.1) is 12.1 Å². The number of aromatic nitrogens is 3. The summed E-state index contributed by atoms with van der Waals surface area (Å²) in [6.07, 6.45) is 0. The summed E-state index contributed by atoms with van der Waals surface area (Å²) in [6.45, 7) is 2.22. The van der Waals surface area contributed by atoms with Gasteiger partial charge in [-0.15, -0.1) is 10.2 Å². The first-order valence-corrected chi connectivity index (χ1v) is 6.86. The summed E-state index contributed by atoms with van der Waals surface area (Å²) in [7, 11) is 1.69. The van der Waals surface area contributed by atoms with Gasteiger partial charge in [-0.2, -0.15) is 0 Å². The van der Waals surface area contributed by atoms with E-state index in [1.165, 1.54) is 0 Å². The molecule has 0 aliphatic heterocycles. The molecule has 0 spiro atoms. The van der Waals surface area contributed by atoms with Crippen LogP contribution in [0.3, 0.4) is 0 Å². The van der Waals surface area contributed by atoms with Crippen molar-refractivity contribution in [1.29, 1.82) is 0 Å². The Hall–Kier alpha value is -1.27. The van der Waals surface area contributed by atoms with Crippen LogP contribution in [0.1, 0.15) is 0 Å². The number of fused-ring (bicyclic) bond motifs is 1. The predicted molar refractivity (Wildman–Crippen MR) is 75.2 cm³/mol. The number of nitrogens with zero attached hydrogens (tertiary/aromatic N) is 4. The van der Waals surface area contributed by atoms with E-state index in [9.17, 15) is 0 Å². The summed E-state index contributed by atoms with van der Waals surface area (Å²) < 4.78 is 5.09. The molecular weight excluding hydrogens is 296 g/mol. The van der Waals surface area contributed by atoms with E-state index in [2.05, 4.69) is 36.0 Å². The van der Waals surface area contributed by atoms with E-state index in [-0.39, 0.29) is 0 Å². The quantitative estimate of drug-likeness (QED) is 0.762. The van der Waals surface area contributed by atoms with E-state index < -0.39 is 0 Å². The molecule has 0 fully saturated rings. The fourth-order valence-electron chi connectivity index (χ4n) is 1.62. The minimum Gasteiger partial charge on any atom is -0.383 e. The van der Waals surface area contributed by atoms with E-state index >= 15 is 0 Å². The number of hydrogen-bond donors (Lipinski definition) is 0. The van der Waals surface area contributed by atoms with Crippen molar-refractivity contribution in [3.05, 3.63) is 24.3 Å². The summed E-state index contributed by atoms with van der Waals surface area (Å²) in [5.41, 5.74) is 1.67. The Morgan fingerprint density at radius 3 is 2.67 bits per heavy atom. The molecule has 5 nitrogen and oxygen atoms in total. The molecule has 0 saturated heterocycles. The smallest absolute Gasteiger partial charge is 0.246 e. The lowest BCUT2D eigenvalue weighted by molar-refractivity contribution is 0.205. The SMILES string of the molecule is COCCN(CCBr)c1nnc2ccccc2n1. The van der Waals surface area contributed by atoms with Crippen LogP contribution >= 0.6 is 15.9 Å². The first kappa shape index (κ1) is 13.2. The maximum absolute atomic E-state index is 5.09. The van der Waals surface area contributed by atoms with Crippen LogP contribution in [-0.4, -0.2) is 47.3 Å². The number of rotatable bonds is 6. The van der Waals surface area contributed by atoms with Crippen molar-refractivity contribution < 1.29 is 4.74 Å². The van der Waals surface area contributed by atoms with Crippen molar-refractivity contribution in [2.75, 3.05) is 37.0 Å². The molecule has 0 aliphatic rings. The number of hydrogen-bond acceptors (Lipinski definition) is 5. The molecule has 0 aliphatic carbocycles. The van der Waals surface area contributed by atoms with Gasteiger partial charge in [-0.3, -0.25) is 0 Å². The van der Waals surface area contributed by atoms with Crippen molar-refractivity contribution in [2.24, 2.45) is 0 Å². The zero-order valence-corrected chi connectivity index (χ0v) is 11.8. The molecule has 2 aromatic rings. The standard InChI is InChI=1S/C12H15BrN4O/c1-18-9-8-17(7-6-13)12-14-10-4-2-3-5-11(10)15-16-12/h2-5H,6-9H2,1H3. The summed E-state index contributed by atoms with van der Waals surface area (Å²) in [5, 5.41) is 9.20. The lowest BCUT2D eigenvalue weighted by Gasteiger charge is -2.20. The van der Waals surface area contributed by atoms with Crippen molar-refractivity contribution >= 4 is 32.9 Å². The highest BCUT2D eigenvalue weighted by atomic mass is 79.9. The van der Waals surface area contributed by atoms with Gasteiger partial charge in [0.1, 0.15) is 5.52 Å². The minimum atomic E-state index is 0.642. The topological polar surface area (TPSA) is 51.1 Å². The molecule has 0 radical (unpaired) electrons. The molecule has 0 bridgehead atoms. The average Bonchev–Trinajstić information content (AvgIpc) is 2.43. The van der Waals surface area contributed by atoms with E-state index in [0.717, 1.165) is 29.5 Å². The van der Waals surface area contributed by atoms with Crippen LogP contribution in [0.2, 0.25) is 0 Å². The van der Waals surface area contributed by atoms with Gasteiger partial charge in [0, 0.05) is 25.5 Å². The number of ether oxygens (including phenoxy) is 1. The van der Waals surface area contributed by atoms with Crippen LogP contribution in [0.25, 0.3) is 11.0 Å². The highest BCUT2D eigenvalue weighted by Crippen LogP contribution is 2.12. The molecule has 0 atom stereocenters. The van der Waals surface area contributed by atoms with Gasteiger partial charge in [-0.25, -0.2) is 4.98 Å². The Labute approximate surface area is 114 Å². The number of methoxy groups -OCH3 is 1. The second kappa shape index (κ2) is 6.61. The molecule has 96 valence electrons. The van der Waals surface area contributed by atoms with E-state index in [1.807, 2.05) is 24.3 Å². The predicted octanol–water partition coefficient (Wildman–Crippen LogP) is 1.87. The van der Waals surface area contributed by atoms with Gasteiger partial charge in [0.2, 0.25) is 5.95 Å². The van der Waals surface area contributed by atoms with Crippen LogP contribution in [0, 0.1) is 0 Å². The van der Waals surface area contributed by atoms with E-state index in [0.29, 0.717) is 12.6 Å². The van der Waals surface area contributed by atoms with Gasteiger partial charge in [0.25, 0.3) is 0 Å². The van der Waals surface area contributed by atoms with Crippen molar-refractivity contribution in [3.63, 3.8) is 0 Å². The lowest BCUT2D eigenvalue weighted by Crippen LogP contribution is -2.31. The average molecular weight is 311 g/mol. The molecule has 0 amide bonds. The van der Waals surface area contributed by atoms with Gasteiger partial charge in [-0.1, -0.05) is 28.1 Å². The number of para-hydroxylation sites is 1. The Morgan fingerprint density at radius 1 is 1.17 bits per heavy atom. The third kappa shape index (κ3) is 3.14. The molecule has 1 aromatic carbocycles. The Balaban J connectivity index is 2.25. The second-order valence-corrected chi connectivity index (χ2v) is 4.56. The highest BCUT2D eigenvalue weighted by molar-refractivity contribution is 9.09. The number of anilines is 1. The van der Waals surface area contributed by atoms with Crippen molar-refractivity contribution in [3.8, 4) is 0 Å². The summed E-state index contributed by atoms with van der Waals surface area (Å²) in [4.78, 5) is 6.58. The summed E-state index contributed by atoms with van der Waals surface area (Å²) in [5.74, 6) is 0.644. The van der Waals surface area contributed by atoms with Crippen molar-refractivity contribution in [2.45, 2.75) is 0 Å². The van der Waals surface area contributed by atoms with Crippen molar-refractivity contribution in [1.82, 2.24) is 15.2 Å². The Bertz CT molecular complexity index is 508. The molecule has 0 unspecified atom stereocenters. The third-order valence-electron chi connectivity index (χ3n) is 2.55. The van der Waals surface area contributed by atoms with Gasteiger partial charge < -0.3 is 9.64 Å². The number of benzene rings is 1. The van der Waals surface area contributed by atoms with Crippen LogP contribution in [0.15, 0.2) is 24.3 Å². The van der Waals surface area contributed by atoms with Crippen LogP contribution in [-0.2, 0) is 4.74 Å². The minimum absolute atomic E-state index is 0.642. The molecule has 1 aromatic heterocycles. The van der Waals surface area contributed by atoms with Crippen LogP contribution in [0.5, 0.6) is 0 Å². The Morgan fingerprint density at radius 2 is 1.94 bits per heavy atom. The van der Waals surface area contributed by atoms with Crippen LogP contribution in [0.4, 0.5) is 5.95 Å². The molecule has 0 N–H and O–H groups in total. The zero-order chi connectivity index (χ0) is 12.8. The second-order valence-electron chi connectivity index (χ2n) is 3.77. The van der Waals surface area contributed by atoms with E-state index in [1.54, 1.807) is 7.11 Å².